The van der Waals surface area contributed by atoms with Crippen LogP contribution in [0.25, 0.3) is 5.69 Å². The fraction of sp³-hybridized carbons (Fsp3) is 0.231. The van der Waals surface area contributed by atoms with Crippen LogP contribution < -0.4 is 0 Å². The predicted octanol–water partition coefficient (Wildman–Crippen LogP) is 0.758. The van der Waals surface area contributed by atoms with E-state index in [9.17, 15) is 0 Å². The fourth-order valence-electron chi connectivity index (χ4n) is 1.98. The zero-order chi connectivity index (χ0) is 14.5. The first-order chi connectivity index (χ1) is 10.4. The number of aromatic nitrogens is 7. The Morgan fingerprint density at radius 2 is 2.05 bits per heavy atom. The van der Waals surface area contributed by atoms with Gasteiger partial charge in [0.25, 0.3) is 5.82 Å². The van der Waals surface area contributed by atoms with Crippen molar-refractivity contribution in [1.29, 1.82) is 5.26 Å². The second kappa shape index (κ2) is 5.92. The van der Waals surface area contributed by atoms with E-state index in [0.29, 0.717) is 13.0 Å². The van der Waals surface area contributed by atoms with Crippen LogP contribution in [0, 0.1) is 11.3 Å². The molecule has 0 radical (unpaired) electrons. The van der Waals surface area contributed by atoms with Gasteiger partial charge in [-0.15, -0.1) is 10.2 Å². The highest BCUT2D eigenvalue weighted by molar-refractivity contribution is 5.30. The maximum Gasteiger partial charge on any atom is 0.252 e. The molecule has 1 aromatic carbocycles. The molecule has 8 nitrogen and oxygen atoms in total. The molecule has 0 N–H and O–H groups in total. The van der Waals surface area contributed by atoms with Crippen molar-refractivity contribution in [3.63, 3.8) is 0 Å². The summed E-state index contributed by atoms with van der Waals surface area (Å²) < 4.78 is 3.37. The zero-order valence-corrected chi connectivity index (χ0v) is 11.2. The van der Waals surface area contributed by atoms with Crippen molar-refractivity contribution in [1.82, 2.24) is 35.0 Å². The van der Waals surface area contributed by atoms with Gasteiger partial charge < -0.3 is 0 Å². The van der Waals surface area contributed by atoms with Gasteiger partial charge in [0.1, 0.15) is 12.4 Å². The number of tetrazole rings is 1. The van der Waals surface area contributed by atoms with E-state index in [0.717, 1.165) is 17.9 Å². The molecule has 2 aromatic heterocycles. The lowest BCUT2D eigenvalue weighted by Gasteiger charge is -2.04. The Morgan fingerprint density at radius 3 is 2.81 bits per heavy atom. The first kappa shape index (κ1) is 12.9. The Kier molecular flexibility index (Phi) is 3.64. The summed E-state index contributed by atoms with van der Waals surface area (Å²) in [5.41, 5.74) is 0.935. The quantitative estimate of drug-likeness (QED) is 0.684. The minimum Gasteiger partial charge on any atom is -0.252 e. The van der Waals surface area contributed by atoms with Crippen LogP contribution >= 0.6 is 0 Å². The molecule has 0 amide bonds. The molecule has 3 aromatic rings. The van der Waals surface area contributed by atoms with E-state index in [1.807, 2.05) is 36.4 Å². The molecule has 104 valence electrons. The van der Waals surface area contributed by atoms with Crippen molar-refractivity contribution in [3.8, 4) is 11.8 Å². The van der Waals surface area contributed by atoms with Crippen LogP contribution in [-0.4, -0.2) is 35.0 Å². The number of nitrogens with zero attached hydrogens (tertiary/aromatic N) is 8. The molecular formula is C13H12N8. The summed E-state index contributed by atoms with van der Waals surface area (Å²) in [6.45, 7) is 0.663. The molecule has 3 rings (SSSR count). The maximum absolute atomic E-state index is 8.67. The molecule has 8 heteroatoms. The Hall–Kier alpha value is -3.08. The average Bonchev–Trinajstić information content (AvgIpc) is 3.17. The lowest BCUT2D eigenvalue weighted by molar-refractivity contribution is 0.564. The second-order valence-corrected chi connectivity index (χ2v) is 4.39. The van der Waals surface area contributed by atoms with Crippen molar-refractivity contribution in [2.45, 2.75) is 19.4 Å². The lowest BCUT2D eigenvalue weighted by Crippen LogP contribution is -2.06. The maximum atomic E-state index is 8.67. The predicted molar refractivity (Wildman–Crippen MR) is 72.2 cm³/mol. The largest absolute Gasteiger partial charge is 0.252 e. The standard InChI is InChI=1S/C13H12N8/c14-9-12-15-10-20(17-12)8-4-7-13-16-18-19-21(13)11-5-2-1-3-6-11/h1-3,5-6,10H,4,7-8H2. The number of rotatable bonds is 5. The van der Waals surface area contributed by atoms with Crippen molar-refractivity contribution < 1.29 is 0 Å². The van der Waals surface area contributed by atoms with Gasteiger partial charge in [-0.25, -0.2) is 4.98 Å². The molecule has 21 heavy (non-hydrogen) atoms. The SMILES string of the molecule is N#Cc1ncn(CCCc2nnnn2-c2ccccc2)n1. The lowest BCUT2D eigenvalue weighted by atomic mass is 10.2. The molecule has 0 saturated heterocycles. The highest BCUT2D eigenvalue weighted by atomic mass is 15.5. The number of hydrogen-bond acceptors (Lipinski definition) is 6. The van der Waals surface area contributed by atoms with Crippen molar-refractivity contribution in [2.75, 3.05) is 0 Å². The monoisotopic (exact) mass is 280 g/mol. The van der Waals surface area contributed by atoms with Crippen LogP contribution in [0.3, 0.4) is 0 Å². The number of benzene rings is 1. The number of hydrogen-bond donors (Lipinski definition) is 0. The van der Waals surface area contributed by atoms with Gasteiger partial charge in [-0.3, -0.25) is 4.68 Å². The Balaban J connectivity index is 1.64. The molecule has 0 aliphatic rings. The molecule has 0 spiro atoms. The molecule has 0 bridgehead atoms. The van der Waals surface area contributed by atoms with Gasteiger partial charge in [-0.2, -0.15) is 9.94 Å². The van der Waals surface area contributed by atoms with Crippen molar-refractivity contribution in [2.24, 2.45) is 0 Å². The van der Waals surface area contributed by atoms with Crippen LogP contribution in [0.5, 0.6) is 0 Å². The van der Waals surface area contributed by atoms with Gasteiger partial charge in [0.2, 0.25) is 0 Å². The van der Waals surface area contributed by atoms with Gasteiger partial charge >= 0.3 is 0 Å². The molecule has 0 fully saturated rings. The summed E-state index contributed by atoms with van der Waals surface area (Å²) in [5, 5.41) is 24.5. The van der Waals surface area contributed by atoms with E-state index in [4.69, 9.17) is 5.26 Å². The third kappa shape index (κ3) is 2.92. The van der Waals surface area contributed by atoms with Gasteiger partial charge in [0.15, 0.2) is 5.82 Å². The molecule has 0 unspecified atom stereocenters. The molecule has 0 aliphatic carbocycles. The highest BCUT2D eigenvalue weighted by Gasteiger charge is 2.08. The molecular weight excluding hydrogens is 268 g/mol. The smallest absolute Gasteiger partial charge is 0.252 e. The number of nitriles is 1. The van der Waals surface area contributed by atoms with E-state index >= 15 is 0 Å². The Labute approximate surface area is 120 Å². The van der Waals surface area contributed by atoms with E-state index < -0.39 is 0 Å². The highest BCUT2D eigenvalue weighted by Crippen LogP contribution is 2.08. The van der Waals surface area contributed by atoms with E-state index in [2.05, 4.69) is 25.6 Å². The van der Waals surface area contributed by atoms with Crippen molar-refractivity contribution >= 4 is 0 Å². The fourth-order valence-corrected chi connectivity index (χ4v) is 1.98. The molecule has 2 heterocycles. The van der Waals surface area contributed by atoms with E-state index in [1.54, 1.807) is 15.7 Å². The summed E-state index contributed by atoms with van der Waals surface area (Å²) in [6, 6.07) is 11.6. The molecule has 0 aliphatic heterocycles. The first-order valence-electron chi connectivity index (χ1n) is 6.49. The topological polar surface area (TPSA) is 98.1 Å². The third-order valence-corrected chi connectivity index (χ3v) is 2.96. The summed E-state index contributed by atoms with van der Waals surface area (Å²) in [6.07, 6.45) is 3.07. The Bertz CT molecular complexity index is 752. The summed E-state index contributed by atoms with van der Waals surface area (Å²) in [5.74, 6) is 0.978. The average molecular weight is 280 g/mol. The number of para-hydroxylation sites is 1. The van der Waals surface area contributed by atoms with Crippen LogP contribution in [0.2, 0.25) is 0 Å². The number of aryl methyl sites for hydroxylation is 2. The summed E-state index contributed by atoms with van der Waals surface area (Å²) in [4.78, 5) is 3.86. The molecule has 0 atom stereocenters. The minimum atomic E-state index is 0.184. The van der Waals surface area contributed by atoms with Gasteiger partial charge in [0, 0.05) is 13.0 Å². The van der Waals surface area contributed by atoms with Gasteiger partial charge in [-0.1, -0.05) is 18.2 Å². The summed E-state index contributed by atoms with van der Waals surface area (Å²) >= 11 is 0. The van der Waals surface area contributed by atoms with Gasteiger partial charge in [-0.05, 0) is 29.0 Å². The van der Waals surface area contributed by atoms with Crippen LogP contribution in [-0.2, 0) is 13.0 Å². The summed E-state index contributed by atoms with van der Waals surface area (Å²) in [7, 11) is 0. The van der Waals surface area contributed by atoms with Gasteiger partial charge in [0.05, 0.1) is 5.69 Å². The van der Waals surface area contributed by atoms with Crippen LogP contribution in [0.1, 0.15) is 18.1 Å². The van der Waals surface area contributed by atoms with Crippen molar-refractivity contribution in [3.05, 3.63) is 48.3 Å². The normalized spacial score (nSPS) is 10.4. The minimum absolute atomic E-state index is 0.184. The van der Waals surface area contributed by atoms with E-state index in [-0.39, 0.29) is 5.82 Å². The van der Waals surface area contributed by atoms with Crippen LogP contribution in [0.15, 0.2) is 36.7 Å². The van der Waals surface area contributed by atoms with Crippen LogP contribution in [0.4, 0.5) is 0 Å². The zero-order valence-electron chi connectivity index (χ0n) is 11.2. The third-order valence-electron chi connectivity index (χ3n) is 2.96. The second-order valence-electron chi connectivity index (χ2n) is 4.39. The Morgan fingerprint density at radius 1 is 1.19 bits per heavy atom. The molecule has 0 saturated carbocycles. The first-order valence-corrected chi connectivity index (χ1v) is 6.49. The van der Waals surface area contributed by atoms with E-state index in [1.165, 1.54) is 0 Å².